The Morgan fingerprint density at radius 2 is 2.26 bits per heavy atom. The van der Waals surface area contributed by atoms with Crippen LogP contribution in [-0.4, -0.2) is 61.6 Å². The molecule has 6 heteroatoms. The molecule has 1 aliphatic heterocycles. The van der Waals surface area contributed by atoms with E-state index in [0.717, 1.165) is 36.2 Å². The van der Waals surface area contributed by atoms with Crippen molar-refractivity contribution >= 4 is 16.9 Å². The van der Waals surface area contributed by atoms with E-state index in [1.165, 1.54) is 0 Å². The normalized spacial score (nSPS) is 19.5. The summed E-state index contributed by atoms with van der Waals surface area (Å²) >= 11 is 0. The third-order valence-electron chi connectivity index (χ3n) is 4.14. The van der Waals surface area contributed by atoms with Gasteiger partial charge in [0.05, 0.1) is 25.5 Å². The van der Waals surface area contributed by atoms with Crippen molar-refractivity contribution in [2.75, 3.05) is 39.8 Å². The number of fused-ring (bicyclic) bond motifs is 1. The molecule has 6 nitrogen and oxygen atoms in total. The van der Waals surface area contributed by atoms with Gasteiger partial charge in [0.2, 0.25) is 5.91 Å². The molecule has 1 amide bonds. The highest BCUT2D eigenvalue weighted by Gasteiger charge is 2.22. The summed E-state index contributed by atoms with van der Waals surface area (Å²) in [4.78, 5) is 15.7. The minimum absolute atomic E-state index is 0.0891. The van der Waals surface area contributed by atoms with Gasteiger partial charge in [-0.1, -0.05) is 18.2 Å². The number of benzene rings is 1. The van der Waals surface area contributed by atoms with Crippen LogP contribution in [0.3, 0.4) is 0 Å². The third-order valence-corrected chi connectivity index (χ3v) is 4.14. The quantitative estimate of drug-likeness (QED) is 0.862. The Morgan fingerprint density at radius 3 is 3.04 bits per heavy atom. The summed E-state index contributed by atoms with van der Waals surface area (Å²) in [5.74, 6) is -0.332. The minimum atomic E-state index is -0.332. The number of amides is 1. The van der Waals surface area contributed by atoms with Gasteiger partial charge in [0, 0.05) is 37.1 Å². The standard InChI is InChI=1S/C17H23N3O3/c1-19-6-7-22-14(9-19)10-20(11-17(18)21)8-13-12-23-16-5-3-2-4-15(13)16/h2-5,12,14H,6-11H2,1H3,(H2,18,21)/t14-/m1/s1. The van der Waals surface area contributed by atoms with Crippen LogP contribution in [0.15, 0.2) is 34.9 Å². The summed E-state index contributed by atoms with van der Waals surface area (Å²) in [5.41, 5.74) is 7.33. The van der Waals surface area contributed by atoms with Crippen molar-refractivity contribution in [3.8, 4) is 0 Å². The Kier molecular flexibility index (Phi) is 4.95. The van der Waals surface area contributed by atoms with Crippen molar-refractivity contribution in [3.05, 3.63) is 36.1 Å². The van der Waals surface area contributed by atoms with Crippen LogP contribution < -0.4 is 5.73 Å². The van der Waals surface area contributed by atoms with Crippen LogP contribution in [0.2, 0.25) is 0 Å². The molecule has 1 atom stereocenters. The second kappa shape index (κ2) is 7.12. The smallest absolute Gasteiger partial charge is 0.231 e. The summed E-state index contributed by atoms with van der Waals surface area (Å²) in [7, 11) is 2.08. The summed E-state index contributed by atoms with van der Waals surface area (Å²) < 4.78 is 11.4. The number of nitrogens with two attached hydrogens (primary N) is 1. The van der Waals surface area contributed by atoms with Gasteiger partial charge >= 0.3 is 0 Å². The number of furan rings is 1. The second-order valence-electron chi connectivity index (χ2n) is 6.15. The molecule has 1 saturated heterocycles. The Balaban J connectivity index is 1.72. The topological polar surface area (TPSA) is 71.9 Å². The molecular formula is C17H23N3O3. The van der Waals surface area contributed by atoms with Gasteiger partial charge in [-0.05, 0) is 13.1 Å². The number of para-hydroxylation sites is 1. The Morgan fingerprint density at radius 1 is 1.43 bits per heavy atom. The van der Waals surface area contributed by atoms with Crippen LogP contribution in [0, 0.1) is 0 Å². The summed E-state index contributed by atoms with van der Waals surface area (Å²) in [6.07, 6.45) is 1.85. The first-order chi connectivity index (χ1) is 11.1. The highest BCUT2D eigenvalue weighted by Crippen LogP contribution is 2.22. The second-order valence-corrected chi connectivity index (χ2v) is 6.15. The summed E-state index contributed by atoms with van der Waals surface area (Å²) in [6.45, 7) is 4.03. The predicted octanol–water partition coefficient (Wildman–Crippen LogP) is 1.05. The monoisotopic (exact) mass is 317 g/mol. The van der Waals surface area contributed by atoms with E-state index in [2.05, 4.69) is 11.9 Å². The van der Waals surface area contributed by atoms with E-state index >= 15 is 0 Å². The summed E-state index contributed by atoms with van der Waals surface area (Å²) in [6, 6.07) is 7.90. The van der Waals surface area contributed by atoms with Gasteiger partial charge in [-0.2, -0.15) is 0 Å². The Bertz CT molecular complexity index is 670. The fourth-order valence-corrected chi connectivity index (χ4v) is 3.07. The lowest BCUT2D eigenvalue weighted by Gasteiger charge is -2.33. The predicted molar refractivity (Wildman–Crippen MR) is 87.9 cm³/mol. The first-order valence-electron chi connectivity index (χ1n) is 7.87. The van der Waals surface area contributed by atoms with Crippen LogP contribution in [0.25, 0.3) is 11.0 Å². The molecule has 1 aliphatic rings. The lowest BCUT2D eigenvalue weighted by atomic mass is 10.1. The number of ether oxygens (including phenoxy) is 1. The van der Waals surface area contributed by atoms with Crippen molar-refractivity contribution < 1.29 is 13.9 Å². The molecule has 0 radical (unpaired) electrons. The average Bonchev–Trinajstić information content (AvgIpc) is 2.90. The van der Waals surface area contributed by atoms with Crippen molar-refractivity contribution in [1.82, 2.24) is 9.80 Å². The fraction of sp³-hybridized carbons (Fsp3) is 0.471. The van der Waals surface area contributed by atoms with Gasteiger partial charge in [0.25, 0.3) is 0 Å². The van der Waals surface area contributed by atoms with E-state index in [0.29, 0.717) is 13.1 Å². The molecule has 0 bridgehead atoms. The van der Waals surface area contributed by atoms with Crippen molar-refractivity contribution in [2.24, 2.45) is 5.73 Å². The van der Waals surface area contributed by atoms with Crippen LogP contribution in [0.1, 0.15) is 5.56 Å². The lowest BCUT2D eigenvalue weighted by Crippen LogP contribution is -2.47. The zero-order chi connectivity index (χ0) is 16.2. The first kappa shape index (κ1) is 16.0. The maximum atomic E-state index is 11.4. The minimum Gasteiger partial charge on any atom is -0.464 e. The van der Waals surface area contributed by atoms with E-state index in [-0.39, 0.29) is 18.6 Å². The number of likely N-dealkylation sites (N-methyl/N-ethyl adjacent to an activating group) is 1. The van der Waals surface area contributed by atoms with Gasteiger partial charge in [0.15, 0.2) is 0 Å². The molecule has 0 spiro atoms. The lowest BCUT2D eigenvalue weighted by molar-refractivity contribution is -0.120. The number of primary amides is 1. The molecule has 2 aromatic rings. The number of carbonyl (C=O) groups excluding carboxylic acids is 1. The molecule has 23 heavy (non-hydrogen) atoms. The molecule has 2 N–H and O–H groups in total. The highest BCUT2D eigenvalue weighted by molar-refractivity contribution is 5.81. The number of morpholine rings is 1. The molecule has 1 aromatic carbocycles. The van der Waals surface area contributed by atoms with Crippen LogP contribution in [0.5, 0.6) is 0 Å². The van der Waals surface area contributed by atoms with Crippen molar-refractivity contribution in [2.45, 2.75) is 12.6 Å². The molecule has 1 fully saturated rings. The molecule has 0 saturated carbocycles. The number of rotatable bonds is 6. The highest BCUT2D eigenvalue weighted by atomic mass is 16.5. The number of carbonyl (C=O) groups is 1. The molecule has 3 rings (SSSR count). The zero-order valence-electron chi connectivity index (χ0n) is 13.4. The maximum Gasteiger partial charge on any atom is 0.231 e. The van der Waals surface area contributed by atoms with Crippen molar-refractivity contribution in [1.29, 1.82) is 0 Å². The van der Waals surface area contributed by atoms with Gasteiger partial charge in [-0.25, -0.2) is 0 Å². The molecule has 1 aromatic heterocycles. The number of hydrogen-bond acceptors (Lipinski definition) is 5. The van der Waals surface area contributed by atoms with Crippen LogP contribution in [0.4, 0.5) is 0 Å². The Labute approximate surface area is 135 Å². The largest absolute Gasteiger partial charge is 0.464 e. The fourth-order valence-electron chi connectivity index (χ4n) is 3.07. The molecule has 124 valence electrons. The molecular weight excluding hydrogens is 294 g/mol. The van der Waals surface area contributed by atoms with E-state index in [9.17, 15) is 4.79 Å². The van der Waals surface area contributed by atoms with E-state index < -0.39 is 0 Å². The van der Waals surface area contributed by atoms with E-state index in [1.807, 2.05) is 29.2 Å². The van der Waals surface area contributed by atoms with Gasteiger partial charge in [-0.3, -0.25) is 9.69 Å². The zero-order valence-corrected chi connectivity index (χ0v) is 13.4. The SMILES string of the molecule is CN1CCO[C@@H](CN(CC(N)=O)Cc2coc3ccccc23)C1. The molecule has 0 unspecified atom stereocenters. The van der Waals surface area contributed by atoms with Crippen LogP contribution >= 0.6 is 0 Å². The number of nitrogens with zero attached hydrogens (tertiary/aromatic N) is 2. The van der Waals surface area contributed by atoms with Crippen LogP contribution in [-0.2, 0) is 16.1 Å². The van der Waals surface area contributed by atoms with E-state index in [4.69, 9.17) is 14.9 Å². The Hall–Kier alpha value is -1.89. The number of hydrogen-bond donors (Lipinski definition) is 1. The van der Waals surface area contributed by atoms with Gasteiger partial charge in [-0.15, -0.1) is 0 Å². The maximum absolute atomic E-state index is 11.4. The average molecular weight is 317 g/mol. The molecule has 0 aliphatic carbocycles. The summed E-state index contributed by atoms with van der Waals surface area (Å²) in [5, 5.41) is 1.07. The van der Waals surface area contributed by atoms with E-state index in [1.54, 1.807) is 6.26 Å². The van der Waals surface area contributed by atoms with Crippen molar-refractivity contribution in [3.63, 3.8) is 0 Å². The van der Waals surface area contributed by atoms with Gasteiger partial charge < -0.3 is 19.8 Å². The van der Waals surface area contributed by atoms with Gasteiger partial charge in [0.1, 0.15) is 5.58 Å². The first-order valence-corrected chi connectivity index (χ1v) is 7.87. The third kappa shape index (κ3) is 4.10. The molecule has 2 heterocycles.